The quantitative estimate of drug-likeness (QED) is 0.525. The first-order valence-corrected chi connectivity index (χ1v) is 7.63. The number of fused-ring (bicyclic) bond motifs is 1. The van der Waals surface area contributed by atoms with Crippen LogP contribution in [0.5, 0.6) is 0 Å². The van der Waals surface area contributed by atoms with Gasteiger partial charge in [-0.05, 0) is 24.1 Å². The Morgan fingerprint density at radius 1 is 1.41 bits per heavy atom. The molecule has 0 saturated carbocycles. The molecule has 0 atom stereocenters. The van der Waals surface area contributed by atoms with Crippen LogP contribution in [0.15, 0.2) is 23.4 Å². The van der Waals surface area contributed by atoms with Gasteiger partial charge in [-0.3, -0.25) is 9.59 Å². The van der Waals surface area contributed by atoms with E-state index < -0.39 is 0 Å². The van der Waals surface area contributed by atoms with E-state index in [4.69, 9.17) is 16.8 Å². The van der Waals surface area contributed by atoms with Crippen LogP contribution in [0.3, 0.4) is 0 Å². The Labute approximate surface area is 134 Å². The molecule has 0 saturated heterocycles. The summed E-state index contributed by atoms with van der Waals surface area (Å²) in [4.78, 5) is 25.8. The van der Waals surface area contributed by atoms with Crippen molar-refractivity contribution in [2.24, 2.45) is 11.1 Å². The molecule has 0 radical (unpaired) electrons. The van der Waals surface area contributed by atoms with Crippen molar-refractivity contribution < 1.29 is 14.8 Å². The molecule has 5 nitrogen and oxygen atoms in total. The van der Waals surface area contributed by atoms with Crippen molar-refractivity contribution in [2.45, 2.75) is 33.1 Å². The molecule has 22 heavy (non-hydrogen) atoms. The topological polar surface area (TPSA) is 70.0 Å². The third-order valence-corrected chi connectivity index (χ3v) is 3.77. The van der Waals surface area contributed by atoms with Crippen LogP contribution in [0.25, 0.3) is 0 Å². The van der Waals surface area contributed by atoms with Gasteiger partial charge in [-0.15, -0.1) is 0 Å². The number of halogens is 1. The lowest BCUT2D eigenvalue weighted by atomic mass is 9.98. The van der Waals surface area contributed by atoms with Crippen molar-refractivity contribution in [3.05, 3.63) is 28.8 Å². The molecular weight excluding hydrogens is 304 g/mol. The zero-order valence-corrected chi connectivity index (χ0v) is 13.4. The summed E-state index contributed by atoms with van der Waals surface area (Å²) in [7, 11) is 0. The third-order valence-electron chi connectivity index (χ3n) is 3.54. The summed E-state index contributed by atoms with van der Waals surface area (Å²) in [5.41, 5.74) is 1.76. The van der Waals surface area contributed by atoms with Gasteiger partial charge in [0.05, 0.1) is 17.8 Å². The predicted molar refractivity (Wildman–Crippen MR) is 85.8 cm³/mol. The maximum absolute atomic E-state index is 12.4. The fourth-order valence-electron chi connectivity index (χ4n) is 2.60. The minimum atomic E-state index is -0.230. The van der Waals surface area contributed by atoms with Gasteiger partial charge in [-0.2, -0.15) is 0 Å². The second-order valence-electron chi connectivity index (χ2n) is 5.82. The van der Waals surface area contributed by atoms with Gasteiger partial charge in [0, 0.05) is 30.0 Å². The van der Waals surface area contributed by atoms with E-state index in [1.807, 2.05) is 13.8 Å². The van der Waals surface area contributed by atoms with E-state index in [1.165, 1.54) is 0 Å². The van der Waals surface area contributed by atoms with Crippen LogP contribution in [0.2, 0.25) is 5.02 Å². The summed E-state index contributed by atoms with van der Waals surface area (Å²) in [6, 6.07) is 5.06. The number of hydrogen-bond donors (Lipinski definition) is 1. The molecular formula is C16H19ClN2O3. The van der Waals surface area contributed by atoms with Crippen LogP contribution < -0.4 is 4.90 Å². The zero-order valence-electron chi connectivity index (χ0n) is 12.7. The SMILES string of the molecule is CC(C)CC(=O)CC(=O)N1CC/C(=N/O)c2cc(Cl)ccc21. The van der Waals surface area contributed by atoms with Crippen LogP contribution in [0.1, 0.15) is 38.7 Å². The molecule has 1 aromatic carbocycles. The molecule has 2 rings (SSSR count). The maximum atomic E-state index is 12.4. The fourth-order valence-corrected chi connectivity index (χ4v) is 2.77. The van der Waals surface area contributed by atoms with E-state index in [1.54, 1.807) is 23.1 Å². The number of amides is 1. The summed E-state index contributed by atoms with van der Waals surface area (Å²) in [6.45, 7) is 4.29. The van der Waals surface area contributed by atoms with E-state index in [0.29, 0.717) is 41.4 Å². The molecule has 0 aromatic heterocycles. The number of nitrogens with zero attached hydrogens (tertiary/aromatic N) is 2. The van der Waals surface area contributed by atoms with Crippen LogP contribution >= 0.6 is 11.6 Å². The second-order valence-corrected chi connectivity index (χ2v) is 6.25. The van der Waals surface area contributed by atoms with Crippen LogP contribution in [-0.4, -0.2) is 29.2 Å². The standard InChI is InChI=1S/C16H19ClN2O3/c1-10(2)7-12(20)9-16(21)19-6-5-14(18-22)13-8-11(17)3-4-15(13)19/h3-4,8,10,22H,5-7,9H2,1-2H3/b18-14-. The summed E-state index contributed by atoms with van der Waals surface area (Å²) in [6.07, 6.45) is 0.718. The molecule has 1 aliphatic heterocycles. The molecule has 118 valence electrons. The van der Waals surface area contributed by atoms with Crippen molar-refractivity contribution in [1.82, 2.24) is 0 Å². The number of benzene rings is 1. The highest BCUT2D eigenvalue weighted by Crippen LogP contribution is 2.30. The first kappa shape index (κ1) is 16.5. The number of hydrogen-bond acceptors (Lipinski definition) is 4. The van der Waals surface area contributed by atoms with Crippen molar-refractivity contribution in [3.63, 3.8) is 0 Å². The van der Waals surface area contributed by atoms with Gasteiger partial charge in [-0.25, -0.2) is 0 Å². The van der Waals surface area contributed by atoms with E-state index in [9.17, 15) is 9.59 Å². The highest BCUT2D eigenvalue weighted by atomic mass is 35.5. The lowest BCUT2D eigenvalue weighted by Gasteiger charge is -2.30. The molecule has 1 heterocycles. The number of Topliss-reactive ketones (excluding diaryl/α,β-unsaturated/α-hetero) is 1. The van der Waals surface area contributed by atoms with Gasteiger partial charge in [0.1, 0.15) is 5.78 Å². The zero-order chi connectivity index (χ0) is 16.3. The van der Waals surface area contributed by atoms with Gasteiger partial charge in [0.2, 0.25) is 5.91 Å². The summed E-state index contributed by atoms with van der Waals surface area (Å²) >= 11 is 5.97. The van der Waals surface area contributed by atoms with Crippen molar-refractivity contribution in [2.75, 3.05) is 11.4 Å². The first-order chi connectivity index (χ1) is 10.4. The average Bonchev–Trinajstić information content (AvgIpc) is 2.44. The fraction of sp³-hybridized carbons (Fsp3) is 0.438. The molecule has 1 aliphatic rings. The lowest BCUT2D eigenvalue weighted by molar-refractivity contribution is -0.127. The lowest BCUT2D eigenvalue weighted by Crippen LogP contribution is -2.38. The number of rotatable bonds is 4. The molecule has 0 fully saturated rings. The molecule has 0 aliphatic carbocycles. The van der Waals surface area contributed by atoms with Crippen LogP contribution in [0.4, 0.5) is 5.69 Å². The average molecular weight is 323 g/mol. The number of carbonyl (C=O) groups is 2. The summed E-state index contributed by atoms with van der Waals surface area (Å²) in [5, 5.41) is 12.9. The largest absolute Gasteiger partial charge is 0.411 e. The smallest absolute Gasteiger partial charge is 0.234 e. The molecule has 1 N–H and O–H groups in total. The van der Waals surface area contributed by atoms with E-state index in [-0.39, 0.29) is 24.0 Å². The maximum Gasteiger partial charge on any atom is 0.234 e. The van der Waals surface area contributed by atoms with Gasteiger partial charge in [0.15, 0.2) is 0 Å². The third kappa shape index (κ3) is 3.65. The summed E-state index contributed by atoms with van der Waals surface area (Å²) < 4.78 is 0. The Hall–Kier alpha value is -1.88. The Morgan fingerprint density at radius 3 is 2.77 bits per heavy atom. The number of anilines is 1. The van der Waals surface area contributed by atoms with E-state index >= 15 is 0 Å². The Kier molecular flexibility index (Phi) is 5.19. The molecule has 0 spiro atoms. The van der Waals surface area contributed by atoms with E-state index in [2.05, 4.69) is 5.16 Å². The number of oxime groups is 1. The van der Waals surface area contributed by atoms with Gasteiger partial charge in [0.25, 0.3) is 0 Å². The normalized spacial score (nSPS) is 16.0. The Bertz CT molecular complexity index is 626. The monoisotopic (exact) mass is 322 g/mol. The number of ketones is 1. The second kappa shape index (κ2) is 6.92. The van der Waals surface area contributed by atoms with Gasteiger partial charge < -0.3 is 10.1 Å². The Balaban J connectivity index is 2.23. The highest BCUT2D eigenvalue weighted by Gasteiger charge is 2.27. The minimum absolute atomic E-state index is 0.0582. The van der Waals surface area contributed by atoms with E-state index in [0.717, 1.165) is 0 Å². The van der Waals surface area contributed by atoms with Crippen LogP contribution in [0, 0.1) is 5.92 Å². The molecule has 1 aromatic rings. The van der Waals surface area contributed by atoms with Crippen LogP contribution in [-0.2, 0) is 9.59 Å². The predicted octanol–water partition coefficient (Wildman–Crippen LogP) is 3.26. The van der Waals surface area contributed by atoms with Gasteiger partial charge >= 0.3 is 0 Å². The number of carbonyl (C=O) groups excluding carboxylic acids is 2. The molecule has 0 bridgehead atoms. The van der Waals surface area contributed by atoms with Crippen molar-refractivity contribution in [3.8, 4) is 0 Å². The van der Waals surface area contributed by atoms with Gasteiger partial charge in [-0.1, -0.05) is 30.6 Å². The van der Waals surface area contributed by atoms with Crippen molar-refractivity contribution >= 4 is 34.7 Å². The van der Waals surface area contributed by atoms with Crippen molar-refractivity contribution in [1.29, 1.82) is 0 Å². The molecule has 0 unspecified atom stereocenters. The first-order valence-electron chi connectivity index (χ1n) is 7.25. The highest BCUT2D eigenvalue weighted by molar-refractivity contribution is 6.31. The summed E-state index contributed by atoms with van der Waals surface area (Å²) in [5.74, 6) is -0.0516. The Morgan fingerprint density at radius 2 is 2.14 bits per heavy atom. The molecule has 1 amide bonds. The minimum Gasteiger partial charge on any atom is -0.411 e. The molecule has 6 heteroatoms.